The zero-order valence-electron chi connectivity index (χ0n) is 16.6. The molecule has 5 nitrogen and oxygen atoms in total. The summed E-state index contributed by atoms with van der Waals surface area (Å²) in [6, 6.07) is 13.9. The van der Waals surface area contributed by atoms with Crippen LogP contribution in [0.1, 0.15) is 37.7 Å². The first-order valence-electron chi connectivity index (χ1n) is 10.3. The lowest BCUT2D eigenvalue weighted by Gasteiger charge is -2.23. The Kier molecular flexibility index (Phi) is 6.15. The molecule has 0 N–H and O–H groups in total. The molecule has 1 aliphatic heterocycles. The van der Waals surface area contributed by atoms with E-state index in [4.69, 9.17) is 5.10 Å². The number of pyridine rings is 1. The quantitative estimate of drug-likeness (QED) is 0.609. The van der Waals surface area contributed by atoms with Gasteiger partial charge in [-0.1, -0.05) is 37.5 Å². The number of hydrogen-bond acceptors (Lipinski definition) is 3. The van der Waals surface area contributed by atoms with Crippen LogP contribution in [0.15, 0.2) is 67.1 Å². The standard InChI is InChI=1S/C24H26N4O/c29-23(27-16-7-2-1-3-8-17-27)14-13-21-19-28(22-11-5-4-6-12-22)26-24(21)20-10-9-15-25-18-20/h4-6,9-15,18-19H,1-3,7-8,16-17H2/b14-13+. The number of para-hydroxylation sites is 1. The first kappa shape index (κ1) is 19.1. The number of rotatable bonds is 4. The zero-order chi connectivity index (χ0) is 19.9. The molecule has 148 valence electrons. The summed E-state index contributed by atoms with van der Waals surface area (Å²) in [5, 5.41) is 4.77. The van der Waals surface area contributed by atoms with Crippen LogP contribution in [0, 0.1) is 0 Å². The number of carbonyl (C=O) groups is 1. The Morgan fingerprint density at radius 1 is 0.931 bits per heavy atom. The van der Waals surface area contributed by atoms with Crippen molar-refractivity contribution in [3.63, 3.8) is 0 Å². The van der Waals surface area contributed by atoms with Gasteiger partial charge in [0, 0.05) is 48.9 Å². The Balaban J connectivity index is 1.62. The van der Waals surface area contributed by atoms with Crippen LogP contribution in [-0.4, -0.2) is 38.7 Å². The van der Waals surface area contributed by atoms with Gasteiger partial charge in [0.2, 0.25) is 5.91 Å². The minimum Gasteiger partial charge on any atom is -0.339 e. The van der Waals surface area contributed by atoms with Crippen molar-refractivity contribution in [2.75, 3.05) is 13.1 Å². The molecular weight excluding hydrogens is 360 g/mol. The molecule has 0 aliphatic carbocycles. The number of hydrogen-bond donors (Lipinski definition) is 0. The highest BCUT2D eigenvalue weighted by Gasteiger charge is 2.14. The van der Waals surface area contributed by atoms with Gasteiger partial charge in [-0.2, -0.15) is 5.10 Å². The fraction of sp³-hybridized carbons (Fsp3) is 0.292. The van der Waals surface area contributed by atoms with Crippen LogP contribution in [0.2, 0.25) is 0 Å². The van der Waals surface area contributed by atoms with Gasteiger partial charge in [-0.25, -0.2) is 4.68 Å². The second-order valence-electron chi connectivity index (χ2n) is 7.38. The maximum absolute atomic E-state index is 12.8. The SMILES string of the molecule is O=C(/C=C/c1cn(-c2ccccc2)nc1-c1cccnc1)N1CCCCCCC1. The average Bonchev–Trinajstić information content (AvgIpc) is 3.17. The summed E-state index contributed by atoms with van der Waals surface area (Å²) >= 11 is 0. The molecule has 0 radical (unpaired) electrons. The van der Waals surface area contributed by atoms with Crippen molar-refractivity contribution >= 4 is 12.0 Å². The van der Waals surface area contributed by atoms with E-state index < -0.39 is 0 Å². The van der Waals surface area contributed by atoms with Crippen LogP contribution in [0.5, 0.6) is 0 Å². The number of benzene rings is 1. The molecule has 2 aromatic heterocycles. The van der Waals surface area contributed by atoms with Gasteiger partial charge in [0.15, 0.2) is 0 Å². The van der Waals surface area contributed by atoms with Crippen LogP contribution in [0.25, 0.3) is 23.0 Å². The van der Waals surface area contributed by atoms with Gasteiger partial charge in [0.1, 0.15) is 5.69 Å². The summed E-state index contributed by atoms with van der Waals surface area (Å²) in [6.45, 7) is 1.70. The van der Waals surface area contributed by atoms with Crippen LogP contribution in [0.3, 0.4) is 0 Å². The minimum absolute atomic E-state index is 0.0801. The molecule has 0 unspecified atom stereocenters. The predicted octanol–water partition coefficient (Wildman–Crippen LogP) is 4.74. The fourth-order valence-electron chi connectivity index (χ4n) is 3.68. The van der Waals surface area contributed by atoms with Crippen molar-refractivity contribution in [2.45, 2.75) is 32.1 Å². The van der Waals surface area contributed by atoms with E-state index in [1.807, 2.05) is 64.3 Å². The molecule has 1 aromatic carbocycles. The Hall–Kier alpha value is -3.21. The van der Waals surface area contributed by atoms with E-state index >= 15 is 0 Å². The molecule has 0 spiro atoms. The summed E-state index contributed by atoms with van der Waals surface area (Å²) in [6.07, 6.45) is 15.0. The van der Waals surface area contributed by atoms with Crippen LogP contribution in [0.4, 0.5) is 0 Å². The second kappa shape index (κ2) is 9.32. The van der Waals surface area contributed by atoms with E-state index in [0.717, 1.165) is 48.4 Å². The lowest BCUT2D eigenvalue weighted by atomic mass is 10.1. The van der Waals surface area contributed by atoms with Gasteiger partial charge in [0.05, 0.1) is 5.69 Å². The summed E-state index contributed by atoms with van der Waals surface area (Å²) in [4.78, 5) is 19.0. The Morgan fingerprint density at radius 2 is 1.69 bits per heavy atom. The van der Waals surface area contributed by atoms with Crippen molar-refractivity contribution in [3.05, 3.63) is 72.7 Å². The van der Waals surface area contributed by atoms with Crippen molar-refractivity contribution in [2.24, 2.45) is 0 Å². The van der Waals surface area contributed by atoms with Gasteiger partial charge < -0.3 is 4.90 Å². The molecule has 1 amide bonds. The minimum atomic E-state index is 0.0801. The predicted molar refractivity (Wildman–Crippen MR) is 115 cm³/mol. The third kappa shape index (κ3) is 4.80. The number of nitrogens with zero attached hydrogens (tertiary/aromatic N) is 4. The van der Waals surface area contributed by atoms with Crippen molar-refractivity contribution < 1.29 is 4.79 Å². The van der Waals surface area contributed by atoms with Gasteiger partial charge in [-0.15, -0.1) is 0 Å². The van der Waals surface area contributed by atoms with E-state index in [-0.39, 0.29) is 5.91 Å². The molecule has 29 heavy (non-hydrogen) atoms. The maximum Gasteiger partial charge on any atom is 0.246 e. The third-order valence-electron chi connectivity index (χ3n) is 5.27. The van der Waals surface area contributed by atoms with Gasteiger partial charge in [0.25, 0.3) is 0 Å². The summed E-state index contributed by atoms with van der Waals surface area (Å²) < 4.78 is 1.85. The van der Waals surface area contributed by atoms with E-state index in [9.17, 15) is 4.79 Å². The van der Waals surface area contributed by atoms with Crippen molar-refractivity contribution in [1.29, 1.82) is 0 Å². The molecular formula is C24H26N4O. The highest BCUT2D eigenvalue weighted by Crippen LogP contribution is 2.24. The van der Waals surface area contributed by atoms with E-state index in [1.165, 1.54) is 19.3 Å². The maximum atomic E-state index is 12.8. The molecule has 0 atom stereocenters. The first-order valence-corrected chi connectivity index (χ1v) is 10.3. The molecule has 0 saturated carbocycles. The smallest absolute Gasteiger partial charge is 0.246 e. The van der Waals surface area contributed by atoms with Crippen molar-refractivity contribution in [1.82, 2.24) is 19.7 Å². The van der Waals surface area contributed by atoms with Gasteiger partial charge in [-0.3, -0.25) is 9.78 Å². The van der Waals surface area contributed by atoms with E-state index in [1.54, 1.807) is 18.5 Å². The Labute approximate surface area is 171 Å². The second-order valence-corrected chi connectivity index (χ2v) is 7.38. The number of likely N-dealkylation sites (tertiary alicyclic amines) is 1. The molecule has 4 rings (SSSR count). The topological polar surface area (TPSA) is 51.0 Å². The van der Waals surface area contributed by atoms with E-state index in [0.29, 0.717) is 0 Å². The van der Waals surface area contributed by atoms with Gasteiger partial charge >= 0.3 is 0 Å². The normalized spacial score (nSPS) is 15.2. The largest absolute Gasteiger partial charge is 0.339 e. The average molecular weight is 386 g/mol. The number of aromatic nitrogens is 3. The monoisotopic (exact) mass is 386 g/mol. The molecule has 1 fully saturated rings. The van der Waals surface area contributed by atoms with Crippen LogP contribution < -0.4 is 0 Å². The van der Waals surface area contributed by atoms with Gasteiger partial charge in [-0.05, 0) is 43.2 Å². The van der Waals surface area contributed by atoms with Crippen molar-refractivity contribution in [3.8, 4) is 16.9 Å². The fourth-order valence-corrected chi connectivity index (χ4v) is 3.68. The zero-order valence-corrected chi connectivity index (χ0v) is 16.6. The summed E-state index contributed by atoms with van der Waals surface area (Å²) in [7, 11) is 0. The third-order valence-corrected chi connectivity index (χ3v) is 5.27. The highest BCUT2D eigenvalue weighted by molar-refractivity contribution is 5.92. The molecule has 5 heteroatoms. The lowest BCUT2D eigenvalue weighted by Crippen LogP contribution is -2.32. The lowest BCUT2D eigenvalue weighted by molar-refractivity contribution is -0.126. The molecule has 1 aliphatic rings. The highest BCUT2D eigenvalue weighted by atomic mass is 16.2. The first-order chi connectivity index (χ1) is 14.3. The molecule has 0 bridgehead atoms. The number of amides is 1. The summed E-state index contributed by atoms with van der Waals surface area (Å²) in [5.41, 5.74) is 3.63. The molecule has 3 heterocycles. The Morgan fingerprint density at radius 3 is 2.41 bits per heavy atom. The van der Waals surface area contributed by atoms with Crippen LogP contribution in [-0.2, 0) is 4.79 Å². The number of carbonyl (C=O) groups excluding carboxylic acids is 1. The van der Waals surface area contributed by atoms with Crippen LogP contribution >= 0.6 is 0 Å². The van der Waals surface area contributed by atoms with E-state index in [2.05, 4.69) is 4.98 Å². The molecule has 1 saturated heterocycles. The Bertz CT molecular complexity index is 955. The summed E-state index contributed by atoms with van der Waals surface area (Å²) in [5.74, 6) is 0.0801. The molecule has 3 aromatic rings.